The van der Waals surface area contributed by atoms with Crippen LogP contribution >= 0.6 is 0 Å². The third-order valence-corrected chi connectivity index (χ3v) is 4.44. The lowest BCUT2D eigenvalue weighted by Crippen LogP contribution is -2.28. The molecule has 4 rings (SSSR count). The number of amides is 1. The Morgan fingerprint density at radius 3 is 2.93 bits per heavy atom. The summed E-state index contributed by atoms with van der Waals surface area (Å²) in [5.74, 6) is 0.487. The van der Waals surface area contributed by atoms with Crippen molar-refractivity contribution in [3.8, 4) is 5.75 Å². The van der Waals surface area contributed by atoms with Gasteiger partial charge in [0, 0.05) is 17.0 Å². The Morgan fingerprint density at radius 1 is 1.30 bits per heavy atom. The van der Waals surface area contributed by atoms with Crippen molar-refractivity contribution in [1.82, 2.24) is 15.3 Å². The largest absolute Gasteiger partial charge is 0.490 e. The number of hydrogen-bond acceptors (Lipinski definition) is 6. The summed E-state index contributed by atoms with van der Waals surface area (Å²) in [6.45, 7) is 2.52. The minimum absolute atomic E-state index is 0.0485. The first kappa shape index (κ1) is 17.2. The molecule has 0 unspecified atom stereocenters. The molecular weight excluding hydrogens is 346 g/mol. The maximum atomic E-state index is 12.5. The van der Waals surface area contributed by atoms with Crippen LogP contribution in [0.25, 0.3) is 11.0 Å². The first-order valence-corrected chi connectivity index (χ1v) is 8.94. The predicted octanol–water partition coefficient (Wildman–Crippen LogP) is 2.79. The highest BCUT2D eigenvalue weighted by atomic mass is 16.5. The molecule has 0 spiro atoms. The van der Waals surface area contributed by atoms with E-state index < -0.39 is 11.5 Å². The molecule has 7 heteroatoms. The van der Waals surface area contributed by atoms with Gasteiger partial charge in [-0.25, -0.2) is 14.8 Å². The van der Waals surface area contributed by atoms with Crippen molar-refractivity contribution in [3.05, 3.63) is 64.0 Å². The summed E-state index contributed by atoms with van der Waals surface area (Å²) in [5.41, 5.74) is 1.30. The number of aromatic nitrogens is 2. The first-order chi connectivity index (χ1) is 13.2. The number of benzene rings is 1. The van der Waals surface area contributed by atoms with E-state index in [1.54, 1.807) is 18.2 Å². The maximum absolute atomic E-state index is 12.5. The van der Waals surface area contributed by atoms with Crippen molar-refractivity contribution in [2.75, 3.05) is 6.61 Å². The molecule has 1 aliphatic carbocycles. The molecule has 0 bridgehead atoms. The normalized spacial score (nSPS) is 13.5. The minimum Gasteiger partial charge on any atom is -0.490 e. The number of hydrogen-bond donors (Lipinski definition) is 1. The molecule has 1 aliphatic rings. The highest BCUT2D eigenvalue weighted by Gasteiger charge is 2.25. The lowest BCUT2D eigenvalue weighted by atomic mass is 10.1. The van der Waals surface area contributed by atoms with E-state index in [9.17, 15) is 9.59 Å². The lowest BCUT2D eigenvalue weighted by Gasteiger charge is -2.08. The van der Waals surface area contributed by atoms with Crippen LogP contribution in [-0.2, 0) is 6.54 Å². The van der Waals surface area contributed by atoms with Crippen LogP contribution in [0.4, 0.5) is 0 Å². The summed E-state index contributed by atoms with van der Waals surface area (Å²) in [4.78, 5) is 33.2. The van der Waals surface area contributed by atoms with E-state index >= 15 is 0 Å². The van der Waals surface area contributed by atoms with E-state index in [4.69, 9.17) is 9.15 Å². The molecule has 0 saturated heterocycles. The van der Waals surface area contributed by atoms with Crippen LogP contribution in [0.2, 0.25) is 0 Å². The molecule has 2 aromatic heterocycles. The average Bonchev–Trinajstić information content (AvgIpc) is 3.52. The molecule has 3 aromatic rings. The number of carbonyl (C=O) groups excluding carboxylic acids is 1. The molecule has 2 heterocycles. The van der Waals surface area contributed by atoms with Crippen LogP contribution < -0.4 is 15.7 Å². The van der Waals surface area contributed by atoms with E-state index in [0.717, 1.165) is 18.5 Å². The molecule has 1 fully saturated rings. The number of fused-ring (bicyclic) bond motifs is 1. The van der Waals surface area contributed by atoms with Gasteiger partial charge >= 0.3 is 5.63 Å². The molecule has 138 valence electrons. The van der Waals surface area contributed by atoms with Gasteiger partial charge in [-0.2, -0.15) is 0 Å². The standard InChI is InChI=1S/C20H19N3O4/c1-2-26-17-5-3-4-13-8-15(20(25)27-18(13)17)19(24)21-10-14-9-16(12-6-7-12)23-11-22-14/h3-5,8-9,11-12H,2,6-7,10H2,1H3,(H,21,24). The summed E-state index contributed by atoms with van der Waals surface area (Å²) in [6, 6.07) is 8.70. The third kappa shape index (κ3) is 3.67. The van der Waals surface area contributed by atoms with Gasteiger partial charge in [-0.05, 0) is 38.0 Å². The number of nitrogens with zero attached hydrogens (tertiary/aromatic N) is 2. The Morgan fingerprint density at radius 2 is 2.15 bits per heavy atom. The van der Waals surface area contributed by atoms with Crippen molar-refractivity contribution in [3.63, 3.8) is 0 Å². The zero-order valence-corrected chi connectivity index (χ0v) is 14.9. The minimum atomic E-state index is -0.700. The molecule has 1 N–H and O–H groups in total. The number of nitrogens with one attached hydrogen (secondary N) is 1. The SMILES string of the molecule is CCOc1cccc2cc(C(=O)NCc3cc(C4CC4)ncn3)c(=O)oc12. The van der Waals surface area contributed by atoms with Gasteiger partial charge in [0.1, 0.15) is 11.9 Å². The Labute approximate surface area is 155 Å². The Hall–Kier alpha value is -3.22. The van der Waals surface area contributed by atoms with Crippen LogP contribution in [0.5, 0.6) is 5.75 Å². The third-order valence-electron chi connectivity index (χ3n) is 4.44. The Balaban J connectivity index is 1.54. The van der Waals surface area contributed by atoms with E-state index in [1.165, 1.54) is 12.4 Å². The van der Waals surface area contributed by atoms with E-state index in [-0.39, 0.29) is 12.1 Å². The number of rotatable bonds is 6. The van der Waals surface area contributed by atoms with Gasteiger partial charge in [0.25, 0.3) is 5.91 Å². The molecule has 0 aliphatic heterocycles. The number of ether oxygens (including phenoxy) is 1. The fraction of sp³-hybridized carbons (Fsp3) is 0.300. The first-order valence-electron chi connectivity index (χ1n) is 8.94. The quantitative estimate of drug-likeness (QED) is 0.675. The Bertz CT molecular complexity index is 1060. The smallest absolute Gasteiger partial charge is 0.349 e. The number of carbonyl (C=O) groups is 1. The molecule has 0 atom stereocenters. The second-order valence-corrected chi connectivity index (χ2v) is 6.45. The highest BCUT2D eigenvalue weighted by molar-refractivity contribution is 5.97. The fourth-order valence-corrected chi connectivity index (χ4v) is 2.93. The van der Waals surface area contributed by atoms with Crippen LogP contribution in [-0.4, -0.2) is 22.5 Å². The molecule has 1 amide bonds. The van der Waals surface area contributed by atoms with E-state index in [0.29, 0.717) is 34.9 Å². The summed E-state index contributed by atoms with van der Waals surface area (Å²) < 4.78 is 10.8. The lowest BCUT2D eigenvalue weighted by molar-refractivity contribution is 0.0947. The van der Waals surface area contributed by atoms with E-state index in [2.05, 4.69) is 15.3 Å². The molecule has 1 aromatic carbocycles. The second kappa shape index (κ2) is 7.19. The second-order valence-electron chi connectivity index (χ2n) is 6.45. The van der Waals surface area contributed by atoms with Crippen LogP contribution in [0.15, 0.2) is 45.9 Å². The van der Waals surface area contributed by atoms with Gasteiger partial charge in [0.15, 0.2) is 11.3 Å². The summed E-state index contributed by atoms with van der Waals surface area (Å²) in [6.07, 6.45) is 3.80. The molecule has 1 saturated carbocycles. The van der Waals surface area contributed by atoms with Gasteiger partial charge in [-0.1, -0.05) is 12.1 Å². The van der Waals surface area contributed by atoms with E-state index in [1.807, 2.05) is 13.0 Å². The zero-order chi connectivity index (χ0) is 18.8. The van der Waals surface area contributed by atoms with Crippen molar-refractivity contribution >= 4 is 16.9 Å². The van der Waals surface area contributed by atoms with Crippen molar-refractivity contribution in [1.29, 1.82) is 0 Å². The maximum Gasteiger partial charge on any atom is 0.349 e. The molecular formula is C20H19N3O4. The molecule has 0 radical (unpaired) electrons. The topological polar surface area (TPSA) is 94.3 Å². The van der Waals surface area contributed by atoms with Gasteiger partial charge in [0.05, 0.1) is 18.8 Å². The Kier molecular flexibility index (Phi) is 4.58. The van der Waals surface area contributed by atoms with Gasteiger partial charge in [-0.3, -0.25) is 4.79 Å². The molecule has 27 heavy (non-hydrogen) atoms. The highest BCUT2D eigenvalue weighted by Crippen LogP contribution is 2.38. The van der Waals surface area contributed by atoms with Crippen molar-refractivity contribution in [2.24, 2.45) is 0 Å². The van der Waals surface area contributed by atoms with Crippen LogP contribution in [0.1, 0.15) is 47.4 Å². The summed E-state index contributed by atoms with van der Waals surface area (Å²) in [5, 5.41) is 3.36. The summed E-state index contributed by atoms with van der Waals surface area (Å²) >= 11 is 0. The monoisotopic (exact) mass is 365 g/mol. The van der Waals surface area contributed by atoms with Crippen LogP contribution in [0.3, 0.4) is 0 Å². The van der Waals surface area contributed by atoms with Gasteiger partial charge < -0.3 is 14.5 Å². The van der Waals surface area contributed by atoms with Gasteiger partial charge in [-0.15, -0.1) is 0 Å². The zero-order valence-electron chi connectivity index (χ0n) is 14.9. The summed E-state index contributed by atoms with van der Waals surface area (Å²) in [7, 11) is 0. The average molecular weight is 365 g/mol. The predicted molar refractivity (Wildman–Crippen MR) is 98.8 cm³/mol. The van der Waals surface area contributed by atoms with Crippen molar-refractivity contribution in [2.45, 2.75) is 32.2 Å². The number of para-hydroxylation sites is 1. The molecule has 7 nitrogen and oxygen atoms in total. The van der Waals surface area contributed by atoms with Crippen LogP contribution in [0, 0.1) is 0 Å². The van der Waals surface area contributed by atoms with Gasteiger partial charge in [0.2, 0.25) is 0 Å². The fourth-order valence-electron chi connectivity index (χ4n) is 2.93. The van der Waals surface area contributed by atoms with Crippen molar-refractivity contribution < 1.29 is 13.9 Å².